The van der Waals surface area contributed by atoms with Gasteiger partial charge in [-0.15, -0.1) is 0 Å². The first kappa shape index (κ1) is 84.6. The van der Waals surface area contributed by atoms with Gasteiger partial charge >= 0.3 is 5.97 Å². The number of unbranched alkanes of at least 4 members (excludes halogenated alkanes) is 65. The van der Waals surface area contributed by atoms with Gasteiger partial charge in [-0.25, -0.2) is 0 Å². The number of esters is 1. The summed E-state index contributed by atoms with van der Waals surface area (Å²) < 4.78 is 5.51. The maximum absolute atomic E-state index is 12.5. The number of ether oxygens (including phenoxy) is 1. The highest BCUT2D eigenvalue weighted by Crippen LogP contribution is 2.20. The number of nitrogens with one attached hydrogen (secondary N) is 1. The molecule has 0 aliphatic carbocycles. The molecule has 0 spiro atoms. The van der Waals surface area contributed by atoms with Gasteiger partial charge in [-0.1, -0.05) is 431 Å². The molecule has 0 saturated carbocycles. The van der Waals surface area contributed by atoms with Crippen LogP contribution < -0.4 is 5.32 Å². The van der Waals surface area contributed by atoms with Gasteiger partial charge in [0.2, 0.25) is 5.91 Å². The molecule has 0 aromatic heterocycles. The number of aliphatic hydroxyl groups is 2. The fourth-order valence-corrected chi connectivity index (χ4v) is 13.0. The molecule has 0 heterocycles. The number of rotatable bonds is 76. The third-order valence-electron chi connectivity index (χ3n) is 19.1. The van der Waals surface area contributed by atoms with Gasteiger partial charge in [-0.2, -0.15) is 0 Å². The van der Waals surface area contributed by atoms with Crippen LogP contribution in [-0.2, 0) is 14.3 Å². The summed E-state index contributed by atoms with van der Waals surface area (Å²) in [5.41, 5.74) is 0. The summed E-state index contributed by atoms with van der Waals surface area (Å²) in [6.45, 7) is 4.97. The van der Waals surface area contributed by atoms with Crippen molar-refractivity contribution in [1.29, 1.82) is 0 Å². The molecular formula is C80H157NO5. The third kappa shape index (κ3) is 71.7. The van der Waals surface area contributed by atoms with E-state index >= 15 is 0 Å². The Morgan fingerprint density at radius 2 is 0.535 bits per heavy atom. The summed E-state index contributed by atoms with van der Waals surface area (Å²) in [4.78, 5) is 24.6. The van der Waals surface area contributed by atoms with Crippen LogP contribution in [0.15, 0.2) is 12.2 Å². The van der Waals surface area contributed by atoms with Crippen LogP contribution in [0.25, 0.3) is 0 Å². The number of hydrogen-bond acceptors (Lipinski definition) is 5. The Balaban J connectivity index is 3.32. The number of amides is 1. The van der Waals surface area contributed by atoms with Crippen LogP contribution in [0.1, 0.15) is 463 Å². The first-order valence-electron chi connectivity index (χ1n) is 40.0. The molecule has 0 saturated heterocycles. The largest absolute Gasteiger partial charge is 0.466 e. The quantitative estimate of drug-likeness (QED) is 0.0320. The molecule has 6 nitrogen and oxygen atoms in total. The standard InChI is InChI=1S/C80H157NO5/c1-3-5-7-9-11-13-15-17-19-20-38-41-45-48-52-56-60-64-68-72-78(83)77(76-82)81-79(84)73-69-65-61-57-53-49-46-42-39-36-34-32-30-28-26-24-22-21-23-25-27-29-31-33-35-37-40-43-47-51-55-59-63-67-71-75-86-80(85)74-70-66-62-58-54-50-44-18-16-14-12-10-8-6-4-2/h68,72,77-78,82-83H,3-67,69-71,73-76H2,1-2H3,(H,81,84)/b72-68+. The van der Waals surface area contributed by atoms with Gasteiger partial charge in [-0.05, 0) is 32.1 Å². The molecule has 0 radical (unpaired) electrons. The highest BCUT2D eigenvalue weighted by molar-refractivity contribution is 5.76. The van der Waals surface area contributed by atoms with E-state index in [2.05, 4.69) is 19.2 Å². The van der Waals surface area contributed by atoms with Crippen molar-refractivity contribution in [2.45, 2.75) is 475 Å². The zero-order valence-corrected chi connectivity index (χ0v) is 58.8. The Labute approximate surface area is 539 Å². The van der Waals surface area contributed by atoms with Crippen LogP contribution in [0.3, 0.4) is 0 Å². The number of aliphatic hydroxyl groups excluding tert-OH is 2. The van der Waals surface area contributed by atoms with Crippen molar-refractivity contribution in [2.75, 3.05) is 13.2 Å². The average Bonchev–Trinajstić information content (AvgIpc) is 3.52. The second-order valence-corrected chi connectivity index (χ2v) is 27.8. The van der Waals surface area contributed by atoms with Crippen LogP contribution in [0, 0.1) is 0 Å². The molecule has 0 bridgehead atoms. The fourth-order valence-electron chi connectivity index (χ4n) is 13.0. The average molecular weight is 1210 g/mol. The van der Waals surface area contributed by atoms with Gasteiger partial charge in [0.05, 0.1) is 25.4 Å². The van der Waals surface area contributed by atoms with Gasteiger partial charge in [-0.3, -0.25) is 9.59 Å². The first-order valence-corrected chi connectivity index (χ1v) is 40.0. The summed E-state index contributed by atoms with van der Waals surface area (Å²) in [7, 11) is 0. The van der Waals surface area contributed by atoms with Gasteiger partial charge in [0, 0.05) is 12.8 Å². The minimum absolute atomic E-state index is 0.0265. The molecule has 0 rings (SSSR count). The van der Waals surface area contributed by atoms with Crippen molar-refractivity contribution in [1.82, 2.24) is 5.32 Å². The zero-order chi connectivity index (χ0) is 62.0. The van der Waals surface area contributed by atoms with E-state index in [0.29, 0.717) is 19.4 Å². The van der Waals surface area contributed by atoms with Crippen molar-refractivity contribution in [3.05, 3.63) is 12.2 Å². The molecule has 6 heteroatoms. The van der Waals surface area contributed by atoms with Crippen LogP contribution in [0.2, 0.25) is 0 Å². The highest BCUT2D eigenvalue weighted by atomic mass is 16.5. The van der Waals surface area contributed by atoms with E-state index in [1.165, 1.54) is 398 Å². The van der Waals surface area contributed by atoms with E-state index in [4.69, 9.17) is 4.74 Å². The maximum Gasteiger partial charge on any atom is 0.305 e. The van der Waals surface area contributed by atoms with Crippen molar-refractivity contribution in [2.24, 2.45) is 0 Å². The molecule has 2 unspecified atom stereocenters. The molecule has 86 heavy (non-hydrogen) atoms. The molecule has 3 N–H and O–H groups in total. The lowest BCUT2D eigenvalue weighted by Crippen LogP contribution is -2.45. The van der Waals surface area contributed by atoms with E-state index in [-0.39, 0.29) is 18.5 Å². The Morgan fingerprint density at radius 3 is 0.791 bits per heavy atom. The van der Waals surface area contributed by atoms with Crippen molar-refractivity contribution < 1.29 is 24.5 Å². The summed E-state index contributed by atoms with van der Waals surface area (Å²) in [6, 6.07) is -0.624. The van der Waals surface area contributed by atoms with Gasteiger partial charge in [0.1, 0.15) is 0 Å². The van der Waals surface area contributed by atoms with Crippen molar-refractivity contribution >= 4 is 11.9 Å². The summed E-state index contributed by atoms with van der Waals surface area (Å²) in [5, 5.41) is 23.3. The topological polar surface area (TPSA) is 95.9 Å². The second kappa shape index (κ2) is 76.1. The monoisotopic (exact) mass is 1210 g/mol. The predicted octanol–water partition coefficient (Wildman–Crippen LogP) is 26.3. The lowest BCUT2D eigenvalue weighted by molar-refractivity contribution is -0.143. The molecule has 2 atom stereocenters. The number of allylic oxidation sites excluding steroid dienone is 1. The minimum Gasteiger partial charge on any atom is -0.466 e. The van der Waals surface area contributed by atoms with Crippen LogP contribution in [0.4, 0.5) is 0 Å². The molecular weight excluding hydrogens is 1050 g/mol. The second-order valence-electron chi connectivity index (χ2n) is 27.8. The molecule has 0 fully saturated rings. The smallest absolute Gasteiger partial charge is 0.305 e. The summed E-state index contributed by atoms with van der Waals surface area (Å²) in [5.74, 6) is -0.0314. The Bertz CT molecular complexity index is 1300. The van der Waals surface area contributed by atoms with Crippen molar-refractivity contribution in [3.63, 3.8) is 0 Å². The normalized spacial score (nSPS) is 12.5. The van der Waals surface area contributed by atoms with E-state index in [1.807, 2.05) is 6.08 Å². The summed E-state index contributed by atoms with van der Waals surface area (Å²) in [6.07, 6.45) is 96.3. The van der Waals surface area contributed by atoms with E-state index in [9.17, 15) is 19.8 Å². The van der Waals surface area contributed by atoms with Crippen LogP contribution in [0.5, 0.6) is 0 Å². The molecule has 0 aromatic carbocycles. The molecule has 0 aliphatic heterocycles. The number of hydrogen-bond donors (Lipinski definition) is 3. The zero-order valence-electron chi connectivity index (χ0n) is 58.8. The molecule has 0 aromatic rings. The van der Waals surface area contributed by atoms with E-state index in [1.54, 1.807) is 6.08 Å². The van der Waals surface area contributed by atoms with Crippen molar-refractivity contribution in [3.8, 4) is 0 Å². The number of carbonyl (C=O) groups excluding carboxylic acids is 2. The lowest BCUT2D eigenvalue weighted by atomic mass is 10.0. The van der Waals surface area contributed by atoms with E-state index in [0.717, 1.165) is 38.5 Å². The lowest BCUT2D eigenvalue weighted by Gasteiger charge is -2.20. The SMILES string of the molecule is CCCCCCCCCCCCCCCCCCC/C=C/C(O)C(CO)NC(=O)CCCCCCCCCCCCCCCCCCCCCCCCCCCCCCCCCCCCCOC(=O)CCCCCCCCCCCCCCCCC. The predicted molar refractivity (Wildman–Crippen MR) is 380 cm³/mol. The van der Waals surface area contributed by atoms with Gasteiger partial charge < -0.3 is 20.3 Å². The Kier molecular flexibility index (Phi) is 74.8. The third-order valence-corrected chi connectivity index (χ3v) is 19.1. The fraction of sp³-hybridized carbons (Fsp3) is 0.950. The van der Waals surface area contributed by atoms with Gasteiger partial charge in [0.15, 0.2) is 0 Å². The Hall–Kier alpha value is -1.40. The summed E-state index contributed by atoms with van der Waals surface area (Å²) >= 11 is 0. The minimum atomic E-state index is -0.841. The molecule has 1 amide bonds. The highest BCUT2D eigenvalue weighted by Gasteiger charge is 2.18. The molecule has 0 aliphatic rings. The van der Waals surface area contributed by atoms with Gasteiger partial charge in [0.25, 0.3) is 0 Å². The maximum atomic E-state index is 12.5. The first-order chi connectivity index (χ1) is 42.5. The Morgan fingerprint density at radius 1 is 0.314 bits per heavy atom. The number of carbonyl (C=O) groups is 2. The van der Waals surface area contributed by atoms with Crippen LogP contribution in [-0.4, -0.2) is 47.4 Å². The molecule has 512 valence electrons. The van der Waals surface area contributed by atoms with Crippen LogP contribution >= 0.6 is 0 Å². The van der Waals surface area contributed by atoms with E-state index < -0.39 is 12.1 Å².